The molecule has 140 valence electrons. The number of anilines is 1. The maximum atomic E-state index is 12.8. The fourth-order valence-corrected chi connectivity index (χ4v) is 3.85. The molecule has 0 N–H and O–H groups in total. The highest BCUT2D eigenvalue weighted by Gasteiger charge is 2.37. The zero-order valence-corrected chi connectivity index (χ0v) is 16.3. The third-order valence-corrected chi connectivity index (χ3v) is 5.23. The Hall–Kier alpha value is -2.96. The van der Waals surface area contributed by atoms with Gasteiger partial charge in [0, 0.05) is 16.7 Å². The van der Waals surface area contributed by atoms with Crippen LogP contribution in [0.25, 0.3) is 17.4 Å². The van der Waals surface area contributed by atoms with Gasteiger partial charge in [-0.1, -0.05) is 35.9 Å². The number of halogens is 1. The van der Waals surface area contributed by atoms with Crippen LogP contribution in [0, 0.1) is 0 Å². The van der Waals surface area contributed by atoms with Crippen LogP contribution in [0.5, 0.6) is 5.75 Å². The molecule has 5 nitrogen and oxygen atoms in total. The molecule has 2 heterocycles. The number of thioether (sulfide) groups is 1. The van der Waals surface area contributed by atoms with Crippen molar-refractivity contribution in [2.24, 2.45) is 0 Å². The van der Waals surface area contributed by atoms with Gasteiger partial charge in [-0.15, -0.1) is 0 Å². The number of hydrogen-bond acceptors (Lipinski definition) is 5. The van der Waals surface area contributed by atoms with Gasteiger partial charge in [0.1, 0.15) is 17.3 Å². The van der Waals surface area contributed by atoms with Gasteiger partial charge in [0.05, 0.1) is 17.7 Å². The number of imide groups is 1. The average molecular weight is 412 g/mol. The molecule has 0 unspecified atom stereocenters. The van der Waals surface area contributed by atoms with Crippen LogP contribution in [0.2, 0.25) is 5.02 Å². The summed E-state index contributed by atoms with van der Waals surface area (Å²) in [5.41, 5.74) is 1.24. The van der Waals surface area contributed by atoms with E-state index in [0.29, 0.717) is 28.0 Å². The number of carbonyl (C=O) groups excluding carboxylic acids is 2. The Morgan fingerprint density at radius 2 is 1.89 bits per heavy atom. The lowest BCUT2D eigenvalue weighted by atomic mass is 10.2. The van der Waals surface area contributed by atoms with Crippen LogP contribution in [-0.2, 0) is 4.79 Å². The molecule has 0 aliphatic carbocycles. The molecule has 1 aliphatic rings. The Morgan fingerprint density at radius 1 is 1.07 bits per heavy atom. The summed E-state index contributed by atoms with van der Waals surface area (Å²) in [6, 6.07) is 17.7. The molecule has 0 spiro atoms. The minimum Gasteiger partial charge on any atom is -0.495 e. The van der Waals surface area contributed by atoms with E-state index < -0.39 is 5.91 Å². The Kier molecular flexibility index (Phi) is 4.98. The minimum atomic E-state index is -0.416. The maximum absolute atomic E-state index is 12.8. The number of ether oxygens (including phenoxy) is 1. The van der Waals surface area contributed by atoms with Crippen molar-refractivity contribution >= 4 is 46.3 Å². The highest BCUT2D eigenvalue weighted by Crippen LogP contribution is 2.39. The van der Waals surface area contributed by atoms with Crippen molar-refractivity contribution in [2.45, 2.75) is 0 Å². The fourth-order valence-electron chi connectivity index (χ4n) is 2.85. The average Bonchev–Trinajstić information content (AvgIpc) is 3.27. The molecule has 1 saturated heterocycles. The first-order chi connectivity index (χ1) is 13.6. The lowest BCUT2D eigenvalue weighted by Crippen LogP contribution is -2.28. The third-order valence-electron chi connectivity index (χ3n) is 4.13. The SMILES string of the molecule is COc1ccccc1N1C(=O)S/C(=C/c2ccc(-c3cccc(Cl)c3)o2)C1=O. The van der Waals surface area contributed by atoms with Crippen LogP contribution >= 0.6 is 23.4 Å². The summed E-state index contributed by atoms with van der Waals surface area (Å²) in [5.74, 6) is 1.13. The summed E-state index contributed by atoms with van der Waals surface area (Å²) in [6.07, 6.45) is 1.56. The number of hydrogen-bond donors (Lipinski definition) is 0. The first-order valence-electron chi connectivity index (χ1n) is 8.33. The molecular formula is C21H14ClNO4S. The fraction of sp³-hybridized carbons (Fsp3) is 0.0476. The summed E-state index contributed by atoms with van der Waals surface area (Å²) < 4.78 is 11.1. The predicted octanol–water partition coefficient (Wildman–Crippen LogP) is 5.85. The van der Waals surface area contributed by atoms with Crippen molar-refractivity contribution in [2.75, 3.05) is 12.0 Å². The van der Waals surface area contributed by atoms with E-state index in [4.69, 9.17) is 20.8 Å². The van der Waals surface area contributed by atoms with E-state index in [2.05, 4.69) is 0 Å². The van der Waals surface area contributed by atoms with Crippen LogP contribution in [0.4, 0.5) is 10.5 Å². The Labute approximate surface area is 170 Å². The largest absolute Gasteiger partial charge is 0.495 e. The smallest absolute Gasteiger partial charge is 0.298 e. The van der Waals surface area contributed by atoms with Gasteiger partial charge in [-0.05, 0) is 48.2 Å². The Morgan fingerprint density at radius 3 is 2.68 bits per heavy atom. The van der Waals surface area contributed by atoms with E-state index in [-0.39, 0.29) is 10.1 Å². The van der Waals surface area contributed by atoms with E-state index in [0.717, 1.165) is 22.2 Å². The molecular weight excluding hydrogens is 398 g/mol. The number of nitrogens with zero attached hydrogens (tertiary/aromatic N) is 1. The number of para-hydroxylation sites is 2. The zero-order valence-electron chi connectivity index (χ0n) is 14.7. The maximum Gasteiger partial charge on any atom is 0.298 e. The number of rotatable bonds is 4. The lowest BCUT2D eigenvalue weighted by Gasteiger charge is -2.15. The van der Waals surface area contributed by atoms with Crippen LogP contribution < -0.4 is 9.64 Å². The quantitative estimate of drug-likeness (QED) is 0.504. The highest BCUT2D eigenvalue weighted by atomic mass is 35.5. The van der Waals surface area contributed by atoms with Crippen LogP contribution in [-0.4, -0.2) is 18.3 Å². The van der Waals surface area contributed by atoms with Gasteiger partial charge in [0.15, 0.2) is 0 Å². The van der Waals surface area contributed by atoms with Crippen molar-refractivity contribution < 1.29 is 18.7 Å². The van der Waals surface area contributed by atoms with E-state index in [1.165, 1.54) is 7.11 Å². The molecule has 0 saturated carbocycles. The van der Waals surface area contributed by atoms with E-state index in [9.17, 15) is 9.59 Å². The first-order valence-corrected chi connectivity index (χ1v) is 9.53. The number of benzene rings is 2. The third kappa shape index (κ3) is 3.44. The van der Waals surface area contributed by atoms with Crippen molar-refractivity contribution in [3.05, 3.63) is 76.4 Å². The highest BCUT2D eigenvalue weighted by molar-refractivity contribution is 8.19. The summed E-state index contributed by atoms with van der Waals surface area (Å²) >= 11 is 6.88. The van der Waals surface area contributed by atoms with Gasteiger partial charge in [-0.3, -0.25) is 9.59 Å². The minimum absolute atomic E-state index is 0.280. The van der Waals surface area contributed by atoms with E-state index in [1.807, 2.05) is 12.1 Å². The predicted molar refractivity (Wildman–Crippen MR) is 111 cm³/mol. The number of carbonyl (C=O) groups is 2. The van der Waals surface area contributed by atoms with Crippen molar-refractivity contribution in [3.8, 4) is 17.1 Å². The molecule has 1 aromatic heterocycles. The second-order valence-electron chi connectivity index (χ2n) is 5.90. The topological polar surface area (TPSA) is 59.8 Å². The summed E-state index contributed by atoms with van der Waals surface area (Å²) in [4.78, 5) is 26.6. The molecule has 2 aromatic carbocycles. The van der Waals surface area contributed by atoms with E-state index in [1.54, 1.807) is 54.6 Å². The van der Waals surface area contributed by atoms with Gasteiger partial charge < -0.3 is 9.15 Å². The summed E-state index contributed by atoms with van der Waals surface area (Å²) in [5, 5.41) is 0.218. The number of furan rings is 1. The van der Waals surface area contributed by atoms with Crippen LogP contribution in [0.15, 0.2) is 70.0 Å². The van der Waals surface area contributed by atoms with Gasteiger partial charge in [0.25, 0.3) is 11.1 Å². The molecule has 2 amide bonds. The Balaban J connectivity index is 1.63. The standard InChI is InChI=1S/C21H14ClNO4S/c1-26-18-8-3-2-7-16(18)23-20(24)19(28-21(23)25)12-15-9-10-17(27-15)13-5-4-6-14(22)11-13/h2-12H,1H3/b19-12+. The molecule has 4 rings (SSSR count). The Bertz CT molecular complexity index is 1110. The molecule has 0 bridgehead atoms. The molecule has 7 heteroatoms. The molecule has 0 radical (unpaired) electrons. The lowest BCUT2D eigenvalue weighted by molar-refractivity contribution is -0.113. The normalized spacial score (nSPS) is 15.5. The molecule has 1 aliphatic heterocycles. The monoisotopic (exact) mass is 411 g/mol. The van der Waals surface area contributed by atoms with Crippen LogP contribution in [0.1, 0.15) is 5.76 Å². The number of methoxy groups -OCH3 is 1. The number of amides is 2. The second kappa shape index (κ2) is 7.58. The molecule has 1 fully saturated rings. The van der Waals surface area contributed by atoms with Crippen molar-refractivity contribution in [1.82, 2.24) is 0 Å². The first kappa shape index (κ1) is 18.4. The zero-order chi connectivity index (χ0) is 19.7. The molecule has 0 atom stereocenters. The molecule has 3 aromatic rings. The van der Waals surface area contributed by atoms with E-state index >= 15 is 0 Å². The van der Waals surface area contributed by atoms with Crippen LogP contribution in [0.3, 0.4) is 0 Å². The van der Waals surface area contributed by atoms with Gasteiger partial charge in [-0.25, -0.2) is 4.90 Å². The van der Waals surface area contributed by atoms with Gasteiger partial charge >= 0.3 is 0 Å². The van der Waals surface area contributed by atoms with Gasteiger partial charge in [-0.2, -0.15) is 0 Å². The second-order valence-corrected chi connectivity index (χ2v) is 7.33. The van der Waals surface area contributed by atoms with Crippen molar-refractivity contribution in [3.63, 3.8) is 0 Å². The van der Waals surface area contributed by atoms with Crippen molar-refractivity contribution in [1.29, 1.82) is 0 Å². The summed E-state index contributed by atoms with van der Waals surface area (Å²) in [7, 11) is 1.49. The van der Waals surface area contributed by atoms with Gasteiger partial charge in [0.2, 0.25) is 0 Å². The molecule has 28 heavy (non-hydrogen) atoms. The summed E-state index contributed by atoms with van der Waals surface area (Å²) in [6.45, 7) is 0.